The van der Waals surface area contributed by atoms with Gasteiger partial charge in [-0.05, 0) is 61.9 Å². The first-order chi connectivity index (χ1) is 13.0. The van der Waals surface area contributed by atoms with Crippen LogP contribution >= 0.6 is 0 Å². The van der Waals surface area contributed by atoms with Gasteiger partial charge in [-0.15, -0.1) is 0 Å². The molecule has 0 saturated carbocycles. The summed E-state index contributed by atoms with van der Waals surface area (Å²) >= 11 is 0. The highest BCUT2D eigenvalue weighted by Gasteiger charge is 2.12. The summed E-state index contributed by atoms with van der Waals surface area (Å²) in [7, 11) is 1.64. The Morgan fingerprint density at radius 1 is 1.11 bits per heavy atom. The second-order valence-electron chi connectivity index (χ2n) is 6.22. The van der Waals surface area contributed by atoms with Crippen molar-refractivity contribution in [3.63, 3.8) is 0 Å². The van der Waals surface area contributed by atoms with Crippen LogP contribution in [0, 0.1) is 19.7 Å². The summed E-state index contributed by atoms with van der Waals surface area (Å²) in [5, 5.41) is 5.30. The van der Waals surface area contributed by atoms with Gasteiger partial charge in [-0.1, -0.05) is 12.1 Å². The van der Waals surface area contributed by atoms with E-state index in [-0.39, 0.29) is 5.69 Å². The molecule has 27 heavy (non-hydrogen) atoms. The van der Waals surface area contributed by atoms with Crippen molar-refractivity contribution in [3.8, 4) is 11.4 Å². The van der Waals surface area contributed by atoms with Crippen molar-refractivity contribution in [2.45, 2.75) is 20.4 Å². The van der Waals surface area contributed by atoms with E-state index in [1.54, 1.807) is 19.2 Å². The number of anilines is 1. The second-order valence-corrected chi connectivity index (χ2v) is 6.22. The lowest BCUT2D eigenvalue weighted by molar-refractivity contribution is 0.251. The Labute approximate surface area is 157 Å². The van der Waals surface area contributed by atoms with Gasteiger partial charge in [0, 0.05) is 23.6 Å². The molecule has 2 amide bonds. The first kappa shape index (κ1) is 18.5. The zero-order chi connectivity index (χ0) is 19.4. The molecule has 3 aromatic rings. The maximum atomic E-state index is 13.6. The summed E-state index contributed by atoms with van der Waals surface area (Å²) in [6.07, 6.45) is 0. The van der Waals surface area contributed by atoms with E-state index >= 15 is 0 Å². The lowest BCUT2D eigenvalue weighted by Gasteiger charge is -2.11. The lowest BCUT2D eigenvalue weighted by atomic mass is 10.2. The average molecular weight is 367 g/mol. The van der Waals surface area contributed by atoms with E-state index in [1.165, 1.54) is 12.1 Å². The summed E-state index contributed by atoms with van der Waals surface area (Å²) in [6, 6.07) is 15.4. The van der Waals surface area contributed by atoms with Crippen LogP contribution in [0.3, 0.4) is 0 Å². The Hall–Kier alpha value is -3.28. The number of carbonyl (C=O) groups excluding carboxylic acids is 1. The van der Waals surface area contributed by atoms with E-state index in [2.05, 4.69) is 15.2 Å². The van der Waals surface area contributed by atoms with Gasteiger partial charge in [0.25, 0.3) is 0 Å². The average Bonchev–Trinajstić information content (AvgIpc) is 2.95. The molecule has 0 aliphatic carbocycles. The molecule has 140 valence electrons. The fourth-order valence-corrected chi connectivity index (χ4v) is 3.04. The Morgan fingerprint density at radius 2 is 1.81 bits per heavy atom. The first-order valence-corrected chi connectivity index (χ1v) is 8.61. The molecule has 0 bridgehead atoms. The number of halogens is 1. The molecule has 0 atom stereocenters. The van der Waals surface area contributed by atoms with Crippen LogP contribution in [-0.2, 0) is 6.54 Å². The minimum absolute atomic E-state index is 0.152. The van der Waals surface area contributed by atoms with Gasteiger partial charge in [-0.25, -0.2) is 9.18 Å². The smallest absolute Gasteiger partial charge is 0.319 e. The van der Waals surface area contributed by atoms with Gasteiger partial charge in [0.15, 0.2) is 0 Å². The molecule has 0 unspecified atom stereocenters. The number of para-hydroxylation sites is 1. The van der Waals surface area contributed by atoms with Crippen LogP contribution in [0.15, 0.2) is 54.6 Å². The first-order valence-electron chi connectivity index (χ1n) is 8.61. The molecule has 0 radical (unpaired) electrons. The van der Waals surface area contributed by atoms with Gasteiger partial charge in [0.2, 0.25) is 0 Å². The van der Waals surface area contributed by atoms with E-state index in [4.69, 9.17) is 4.74 Å². The Balaban J connectivity index is 1.71. The maximum absolute atomic E-state index is 13.6. The van der Waals surface area contributed by atoms with Crippen molar-refractivity contribution in [2.24, 2.45) is 0 Å². The SMILES string of the molecule is COc1ccc(-n2c(C)cc(CNC(=O)Nc3ccccc3F)c2C)cc1. The van der Waals surface area contributed by atoms with Crippen molar-refractivity contribution < 1.29 is 13.9 Å². The largest absolute Gasteiger partial charge is 0.497 e. The molecule has 2 N–H and O–H groups in total. The number of rotatable bonds is 5. The zero-order valence-corrected chi connectivity index (χ0v) is 15.5. The van der Waals surface area contributed by atoms with Crippen molar-refractivity contribution in [1.29, 1.82) is 0 Å². The second kappa shape index (κ2) is 7.95. The quantitative estimate of drug-likeness (QED) is 0.694. The van der Waals surface area contributed by atoms with Gasteiger partial charge in [-0.2, -0.15) is 0 Å². The number of methoxy groups -OCH3 is 1. The summed E-state index contributed by atoms with van der Waals surface area (Å²) in [4.78, 5) is 12.1. The number of urea groups is 1. The van der Waals surface area contributed by atoms with Crippen LogP contribution in [0.25, 0.3) is 5.69 Å². The topological polar surface area (TPSA) is 55.3 Å². The minimum Gasteiger partial charge on any atom is -0.497 e. The van der Waals surface area contributed by atoms with Crippen molar-refractivity contribution in [1.82, 2.24) is 9.88 Å². The standard InChI is InChI=1S/C21H22FN3O2/c1-14-12-16(13-23-21(26)24-20-7-5-4-6-19(20)22)15(2)25(14)17-8-10-18(27-3)11-9-17/h4-12H,13H2,1-3H3,(H2,23,24,26). The maximum Gasteiger partial charge on any atom is 0.319 e. The Morgan fingerprint density at radius 3 is 2.48 bits per heavy atom. The third-order valence-electron chi connectivity index (χ3n) is 4.43. The number of aryl methyl sites for hydroxylation is 1. The van der Waals surface area contributed by atoms with E-state index in [0.29, 0.717) is 6.54 Å². The molecule has 1 aromatic heterocycles. The monoisotopic (exact) mass is 367 g/mol. The highest BCUT2D eigenvalue weighted by molar-refractivity contribution is 5.89. The van der Waals surface area contributed by atoms with Crippen molar-refractivity contribution in [2.75, 3.05) is 12.4 Å². The van der Waals surface area contributed by atoms with Crippen LogP contribution < -0.4 is 15.4 Å². The zero-order valence-electron chi connectivity index (χ0n) is 15.5. The third-order valence-corrected chi connectivity index (χ3v) is 4.43. The van der Waals surface area contributed by atoms with E-state index in [1.807, 2.05) is 44.2 Å². The predicted octanol–water partition coefficient (Wildman–Crippen LogP) is 4.56. The molecule has 0 saturated heterocycles. The fourth-order valence-electron chi connectivity index (χ4n) is 3.04. The molecule has 0 aliphatic rings. The molecular weight excluding hydrogens is 345 g/mol. The molecule has 3 rings (SSSR count). The number of nitrogens with one attached hydrogen (secondary N) is 2. The summed E-state index contributed by atoms with van der Waals surface area (Å²) < 4.78 is 20.9. The van der Waals surface area contributed by atoms with Gasteiger partial charge < -0.3 is 19.9 Å². The molecule has 5 nitrogen and oxygen atoms in total. The number of ether oxygens (including phenoxy) is 1. The molecule has 6 heteroatoms. The van der Waals surface area contributed by atoms with E-state index in [9.17, 15) is 9.18 Å². The highest BCUT2D eigenvalue weighted by atomic mass is 19.1. The van der Waals surface area contributed by atoms with Crippen LogP contribution in [0.4, 0.5) is 14.9 Å². The highest BCUT2D eigenvalue weighted by Crippen LogP contribution is 2.22. The number of aromatic nitrogens is 1. The number of benzene rings is 2. The van der Waals surface area contributed by atoms with E-state index in [0.717, 1.165) is 28.4 Å². The fraction of sp³-hybridized carbons (Fsp3) is 0.190. The number of amides is 2. The predicted molar refractivity (Wildman–Crippen MR) is 104 cm³/mol. The van der Waals surface area contributed by atoms with Crippen LogP contribution in [-0.4, -0.2) is 17.7 Å². The molecule has 0 fully saturated rings. The van der Waals surface area contributed by atoms with Gasteiger partial charge >= 0.3 is 6.03 Å². The minimum atomic E-state index is -0.467. The van der Waals surface area contributed by atoms with Crippen LogP contribution in [0.1, 0.15) is 17.0 Å². The number of carbonyl (C=O) groups is 1. The molecule has 0 spiro atoms. The third kappa shape index (κ3) is 4.11. The van der Waals surface area contributed by atoms with Gasteiger partial charge in [0.1, 0.15) is 11.6 Å². The molecule has 1 heterocycles. The number of nitrogens with zero attached hydrogens (tertiary/aromatic N) is 1. The summed E-state index contributed by atoms with van der Waals surface area (Å²) in [5.41, 5.74) is 4.26. The molecular formula is C21H22FN3O2. The normalized spacial score (nSPS) is 10.5. The van der Waals surface area contributed by atoms with Crippen LogP contribution in [0.5, 0.6) is 5.75 Å². The lowest BCUT2D eigenvalue weighted by Crippen LogP contribution is -2.28. The van der Waals surface area contributed by atoms with Crippen LogP contribution in [0.2, 0.25) is 0 Å². The van der Waals surface area contributed by atoms with Crippen molar-refractivity contribution in [3.05, 3.63) is 77.4 Å². The Kier molecular flexibility index (Phi) is 5.45. The van der Waals surface area contributed by atoms with Gasteiger partial charge in [0.05, 0.1) is 12.8 Å². The number of hydrogen-bond donors (Lipinski definition) is 2. The van der Waals surface area contributed by atoms with Gasteiger partial charge in [-0.3, -0.25) is 0 Å². The summed E-state index contributed by atoms with van der Waals surface area (Å²) in [5.74, 6) is 0.332. The molecule has 2 aromatic carbocycles. The number of hydrogen-bond acceptors (Lipinski definition) is 2. The van der Waals surface area contributed by atoms with Crippen molar-refractivity contribution >= 4 is 11.7 Å². The van der Waals surface area contributed by atoms with E-state index < -0.39 is 11.8 Å². The molecule has 0 aliphatic heterocycles. The summed E-state index contributed by atoms with van der Waals surface area (Å²) in [6.45, 7) is 4.36. The Bertz CT molecular complexity index is 949.